The van der Waals surface area contributed by atoms with Crippen LogP contribution in [0.3, 0.4) is 0 Å². The van der Waals surface area contributed by atoms with Crippen LogP contribution < -0.4 is 0 Å². The number of hydrogen-bond acceptors (Lipinski definition) is 4. The van der Waals surface area contributed by atoms with E-state index in [-0.39, 0.29) is 5.97 Å². The van der Waals surface area contributed by atoms with Gasteiger partial charge in [0, 0.05) is 6.54 Å². The number of ether oxygens (including phenoxy) is 1. The van der Waals surface area contributed by atoms with E-state index in [4.69, 9.17) is 4.74 Å². The molecular weight excluding hydrogens is 218 g/mol. The third-order valence-corrected chi connectivity index (χ3v) is 3.51. The maximum absolute atomic E-state index is 11.7. The lowest BCUT2D eigenvalue weighted by Crippen LogP contribution is -2.16. The summed E-state index contributed by atoms with van der Waals surface area (Å²) in [5.74, 6) is 1.32. The normalized spacial score (nSPS) is 21.3. The Labute approximate surface area is 101 Å². The quantitative estimate of drug-likeness (QED) is 0.749. The van der Waals surface area contributed by atoms with Crippen molar-refractivity contribution >= 4 is 5.97 Å². The summed E-state index contributed by atoms with van der Waals surface area (Å²) < 4.78 is 6.85. The van der Waals surface area contributed by atoms with E-state index in [9.17, 15) is 4.79 Å². The molecule has 0 aromatic carbocycles. The highest BCUT2D eigenvalue weighted by Gasteiger charge is 2.46. The van der Waals surface area contributed by atoms with Crippen LogP contribution in [-0.2, 0) is 11.3 Å². The van der Waals surface area contributed by atoms with Gasteiger partial charge in [0.1, 0.15) is 5.82 Å². The molecule has 5 heteroatoms. The van der Waals surface area contributed by atoms with Crippen LogP contribution in [0.5, 0.6) is 0 Å². The number of hydrogen-bond donors (Lipinski definition) is 0. The molecule has 0 aliphatic heterocycles. The zero-order valence-corrected chi connectivity index (χ0v) is 10.9. The van der Waals surface area contributed by atoms with Gasteiger partial charge in [-0.25, -0.2) is 4.79 Å². The molecule has 1 heterocycles. The van der Waals surface area contributed by atoms with Crippen LogP contribution in [0.1, 0.15) is 43.6 Å². The fourth-order valence-corrected chi connectivity index (χ4v) is 2.05. The Kier molecular flexibility index (Phi) is 2.93. The highest BCUT2D eigenvalue weighted by Crippen LogP contribution is 2.52. The van der Waals surface area contributed by atoms with Gasteiger partial charge in [-0.15, -0.1) is 10.2 Å². The largest absolute Gasteiger partial charge is 0.460 e. The molecule has 1 unspecified atom stereocenters. The summed E-state index contributed by atoms with van der Waals surface area (Å²) in [5.41, 5.74) is 0.378. The first kappa shape index (κ1) is 12.1. The molecular formula is C12H19N3O2. The van der Waals surface area contributed by atoms with Crippen molar-refractivity contribution in [3.05, 3.63) is 11.6 Å². The Morgan fingerprint density at radius 1 is 1.53 bits per heavy atom. The molecule has 0 radical (unpaired) electrons. The Bertz CT molecular complexity index is 437. The molecule has 1 aliphatic rings. The summed E-state index contributed by atoms with van der Waals surface area (Å²) in [6.07, 6.45) is 1.19. The van der Waals surface area contributed by atoms with Crippen LogP contribution in [0.2, 0.25) is 0 Å². The zero-order chi connectivity index (χ0) is 12.6. The standard InChI is InChI=1S/C12H19N3O2/c1-5-17-11(16)10-14-13-8(2)15(10)7-9-6-12(9,3)4/h9H,5-7H2,1-4H3. The smallest absolute Gasteiger partial charge is 0.376 e. The van der Waals surface area contributed by atoms with Gasteiger partial charge in [-0.2, -0.15) is 0 Å². The van der Waals surface area contributed by atoms with Crippen molar-refractivity contribution in [1.82, 2.24) is 14.8 Å². The van der Waals surface area contributed by atoms with E-state index in [1.165, 1.54) is 6.42 Å². The van der Waals surface area contributed by atoms with Crippen molar-refractivity contribution in [3.63, 3.8) is 0 Å². The van der Waals surface area contributed by atoms with Crippen LogP contribution in [0.4, 0.5) is 0 Å². The molecule has 0 spiro atoms. The molecule has 1 aromatic rings. The molecule has 1 aliphatic carbocycles. The second-order valence-electron chi connectivity index (χ2n) is 5.29. The van der Waals surface area contributed by atoms with Crippen molar-refractivity contribution in [1.29, 1.82) is 0 Å². The number of rotatable bonds is 4. The topological polar surface area (TPSA) is 57.0 Å². The summed E-state index contributed by atoms with van der Waals surface area (Å²) in [7, 11) is 0. The Morgan fingerprint density at radius 2 is 2.18 bits per heavy atom. The predicted molar refractivity (Wildman–Crippen MR) is 62.6 cm³/mol. The van der Waals surface area contributed by atoms with Gasteiger partial charge in [0.2, 0.25) is 5.82 Å². The SMILES string of the molecule is CCOC(=O)c1nnc(C)n1CC1CC1(C)C. The predicted octanol–water partition coefficient (Wildman–Crippen LogP) is 1.81. The van der Waals surface area contributed by atoms with Gasteiger partial charge in [0.25, 0.3) is 0 Å². The Hall–Kier alpha value is -1.39. The summed E-state index contributed by atoms with van der Waals surface area (Å²) in [4.78, 5) is 11.7. The number of carbonyl (C=O) groups excluding carboxylic acids is 1. The van der Waals surface area contributed by atoms with E-state index in [2.05, 4.69) is 24.0 Å². The van der Waals surface area contributed by atoms with Gasteiger partial charge in [-0.3, -0.25) is 0 Å². The second kappa shape index (κ2) is 4.13. The molecule has 0 amide bonds. The van der Waals surface area contributed by atoms with E-state index in [0.29, 0.717) is 23.8 Å². The third kappa shape index (κ3) is 2.33. The fraction of sp³-hybridized carbons (Fsp3) is 0.750. The lowest BCUT2D eigenvalue weighted by atomic mass is 10.1. The van der Waals surface area contributed by atoms with E-state index < -0.39 is 0 Å². The maximum Gasteiger partial charge on any atom is 0.376 e. The summed E-state index contributed by atoms with van der Waals surface area (Å²) in [6, 6.07) is 0. The highest BCUT2D eigenvalue weighted by molar-refractivity contribution is 5.85. The second-order valence-corrected chi connectivity index (χ2v) is 5.29. The van der Waals surface area contributed by atoms with Crippen molar-refractivity contribution in [2.24, 2.45) is 11.3 Å². The van der Waals surface area contributed by atoms with Crippen LogP contribution in [0.25, 0.3) is 0 Å². The van der Waals surface area contributed by atoms with Crippen LogP contribution in [-0.4, -0.2) is 27.3 Å². The number of aromatic nitrogens is 3. The lowest BCUT2D eigenvalue weighted by molar-refractivity contribution is 0.0504. The number of aryl methyl sites for hydroxylation is 1. The third-order valence-electron chi connectivity index (χ3n) is 3.51. The number of esters is 1. The minimum absolute atomic E-state index is 0.326. The van der Waals surface area contributed by atoms with Crippen LogP contribution in [0.15, 0.2) is 0 Å². The fourth-order valence-electron chi connectivity index (χ4n) is 2.05. The highest BCUT2D eigenvalue weighted by atomic mass is 16.5. The molecule has 1 saturated carbocycles. The number of nitrogens with zero attached hydrogens (tertiary/aromatic N) is 3. The Morgan fingerprint density at radius 3 is 2.71 bits per heavy atom. The molecule has 5 nitrogen and oxygen atoms in total. The van der Waals surface area contributed by atoms with E-state index in [0.717, 1.165) is 12.4 Å². The average molecular weight is 237 g/mol. The minimum Gasteiger partial charge on any atom is -0.460 e. The van der Waals surface area contributed by atoms with E-state index in [1.54, 1.807) is 6.92 Å². The average Bonchev–Trinajstić information content (AvgIpc) is 2.67. The lowest BCUT2D eigenvalue weighted by Gasteiger charge is -2.09. The van der Waals surface area contributed by atoms with Crippen LogP contribution in [0, 0.1) is 18.3 Å². The first-order valence-electron chi connectivity index (χ1n) is 6.02. The van der Waals surface area contributed by atoms with Gasteiger partial charge < -0.3 is 9.30 Å². The van der Waals surface area contributed by atoms with Gasteiger partial charge >= 0.3 is 5.97 Å². The van der Waals surface area contributed by atoms with Gasteiger partial charge in [0.15, 0.2) is 0 Å². The van der Waals surface area contributed by atoms with Crippen LogP contribution >= 0.6 is 0 Å². The number of carbonyl (C=O) groups is 1. The minimum atomic E-state index is -0.383. The monoisotopic (exact) mass is 237 g/mol. The molecule has 94 valence electrons. The first-order valence-corrected chi connectivity index (χ1v) is 6.02. The molecule has 0 N–H and O–H groups in total. The molecule has 0 bridgehead atoms. The molecule has 1 aromatic heterocycles. The van der Waals surface area contributed by atoms with Gasteiger partial charge in [0.05, 0.1) is 6.61 Å². The Balaban J connectivity index is 2.15. The van der Waals surface area contributed by atoms with Crippen molar-refractivity contribution in [2.45, 2.75) is 40.7 Å². The molecule has 2 rings (SSSR count). The zero-order valence-electron chi connectivity index (χ0n) is 10.9. The first-order chi connectivity index (χ1) is 7.95. The van der Waals surface area contributed by atoms with Crippen molar-refractivity contribution in [2.75, 3.05) is 6.61 Å². The van der Waals surface area contributed by atoms with E-state index in [1.807, 2.05) is 11.5 Å². The van der Waals surface area contributed by atoms with Crippen molar-refractivity contribution in [3.8, 4) is 0 Å². The molecule has 0 saturated heterocycles. The molecule has 1 atom stereocenters. The van der Waals surface area contributed by atoms with E-state index >= 15 is 0 Å². The summed E-state index contributed by atoms with van der Waals surface area (Å²) >= 11 is 0. The summed E-state index contributed by atoms with van der Waals surface area (Å²) in [6.45, 7) is 9.29. The summed E-state index contributed by atoms with van der Waals surface area (Å²) in [5, 5.41) is 7.86. The van der Waals surface area contributed by atoms with Gasteiger partial charge in [-0.05, 0) is 31.6 Å². The van der Waals surface area contributed by atoms with Gasteiger partial charge in [-0.1, -0.05) is 13.8 Å². The van der Waals surface area contributed by atoms with Crippen molar-refractivity contribution < 1.29 is 9.53 Å². The molecule has 17 heavy (non-hydrogen) atoms. The maximum atomic E-state index is 11.7. The molecule has 1 fully saturated rings.